The molecule has 2 aromatic rings. The van der Waals surface area contributed by atoms with Gasteiger partial charge < -0.3 is 19.3 Å². The summed E-state index contributed by atoms with van der Waals surface area (Å²) in [5.74, 6) is 2.16. The maximum Gasteiger partial charge on any atom is 0.161 e. The summed E-state index contributed by atoms with van der Waals surface area (Å²) in [5, 5.41) is 9.43. The molecule has 4 nitrogen and oxygen atoms in total. The van der Waals surface area contributed by atoms with Gasteiger partial charge in [-0.15, -0.1) is 0 Å². The smallest absolute Gasteiger partial charge is 0.161 e. The molecule has 112 valence electrons. The molecule has 0 saturated heterocycles. The zero-order chi connectivity index (χ0) is 15.1. The third kappa shape index (κ3) is 4.39. The summed E-state index contributed by atoms with van der Waals surface area (Å²) in [7, 11) is 1.61. The molecule has 0 heterocycles. The molecule has 0 bridgehead atoms. The molecule has 2 aromatic carbocycles. The lowest BCUT2D eigenvalue weighted by atomic mass is 10.1. The maximum absolute atomic E-state index is 9.43. The van der Waals surface area contributed by atoms with E-state index in [2.05, 4.69) is 0 Å². The van der Waals surface area contributed by atoms with Gasteiger partial charge in [0.2, 0.25) is 0 Å². The molecule has 0 aliphatic heterocycles. The van der Waals surface area contributed by atoms with Crippen LogP contribution in [0.5, 0.6) is 17.2 Å². The van der Waals surface area contributed by atoms with Crippen LogP contribution in [0.15, 0.2) is 48.5 Å². The summed E-state index contributed by atoms with van der Waals surface area (Å²) in [6.07, 6.45) is -0.465. The van der Waals surface area contributed by atoms with Gasteiger partial charge in [0.05, 0.1) is 13.2 Å². The van der Waals surface area contributed by atoms with E-state index in [-0.39, 0.29) is 0 Å². The minimum atomic E-state index is -0.465. The molecule has 0 radical (unpaired) electrons. The Morgan fingerprint density at radius 3 is 2.14 bits per heavy atom. The largest absolute Gasteiger partial charge is 0.493 e. The van der Waals surface area contributed by atoms with Gasteiger partial charge in [-0.1, -0.05) is 24.3 Å². The SMILES string of the molecule is COc1ccccc1OCCOc1ccc([C@H](C)O)cc1. The van der Waals surface area contributed by atoms with Gasteiger partial charge in [-0.2, -0.15) is 0 Å². The number of methoxy groups -OCH3 is 1. The van der Waals surface area contributed by atoms with E-state index in [4.69, 9.17) is 14.2 Å². The molecule has 1 N–H and O–H groups in total. The van der Waals surface area contributed by atoms with Crippen molar-refractivity contribution in [2.45, 2.75) is 13.0 Å². The van der Waals surface area contributed by atoms with Gasteiger partial charge in [0.1, 0.15) is 19.0 Å². The highest BCUT2D eigenvalue weighted by atomic mass is 16.5. The first-order valence-electron chi connectivity index (χ1n) is 6.87. The van der Waals surface area contributed by atoms with E-state index >= 15 is 0 Å². The lowest BCUT2D eigenvalue weighted by Gasteiger charge is -2.11. The molecule has 0 amide bonds. The Hall–Kier alpha value is -2.20. The van der Waals surface area contributed by atoms with E-state index in [9.17, 15) is 5.11 Å². The molecule has 1 atom stereocenters. The minimum Gasteiger partial charge on any atom is -0.493 e. The summed E-state index contributed by atoms with van der Waals surface area (Å²) in [6, 6.07) is 14.9. The van der Waals surface area contributed by atoms with Crippen LogP contribution in [-0.2, 0) is 0 Å². The van der Waals surface area contributed by atoms with Crippen molar-refractivity contribution in [3.8, 4) is 17.2 Å². The number of rotatable bonds is 7. The highest BCUT2D eigenvalue weighted by Crippen LogP contribution is 2.25. The molecule has 0 aliphatic carbocycles. The Kier molecular flexibility index (Phi) is 5.46. The summed E-state index contributed by atoms with van der Waals surface area (Å²) in [6.45, 7) is 2.60. The van der Waals surface area contributed by atoms with Gasteiger partial charge >= 0.3 is 0 Å². The number of aliphatic hydroxyl groups excluding tert-OH is 1. The maximum atomic E-state index is 9.43. The van der Waals surface area contributed by atoms with Crippen molar-refractivity contribution in [1.82, 2.24) is 0 Å². The van der Waals surface area contributed by atoms with Crippen LogP contribution in [0, 0.1) is 0 Å². The fourth-order valence-corrected chi connectivity index (χ4v) is 1.89. The van der Waals surface area contributed by atoms with Crippen molar-refractivity contribution in [3.63, 3.8) is 0 Å². The van der Waals surface area contributed by atoms with Gasteiger partial charge in [0.25, 0.3) is 0 Å². The molecule has 4 heteroatoms. The third-order valence-electron chi connectivity index (χ3n) is 3.04. The standard InChI is InChI=1S/C17H20O4/c1-13(18)14-7-9-15(10-8-14)20-11-12-21-17-6-4-3-5-16(17)19-2/h3-10,13,18H,11-12H2,1-2H3/t13-/m0/s1. The fourth-order valence-electron chi connectivity index (χ4n) is 1.89. The second-order valence-electron chi connectivity index (χ2n) is 4.59. The first-order chi connectivity index (χ1) is 10.2. The predicted molar refractivity (Wildman–Crippen MR) is 81.1 cm³/mol. The second kappa shape index (κ2) is 7.55. The third-order valence-corrected chi connectivity index (χ3v) is 3.04. The molecule has 0 fully saturated rings. The predicted octanol–water partition coefficient (Wildman–Crippen LogP) is 3.21. The number of ether oxygens (including phenoxy) is 3. The summed E-state index contributed by atoms with van der Waals surface area (Å²) in [5.41, 5.74) is 0.868. The minimum absolute atomic E-state index is 0.429. The molecular formula is C17H20O4. The number of hydrogen-bond donors (Lipinski definition) is 1. The topological polar surface area (TPSA) is 47.9 Å². The molecule has 0 saturated carbocycles. The van der Waals surface area contributed by atoms with Gasteiger partial charge in [-0.3, -0.25) is 0 Å². The lowest BCUT2D eigenvalue weighted by molar-refractivity contribution is 0.198. The van der Waals surface area contributed by atoms with E-state index in [1.165, 1.54) is 0 Å². The Balaban J connectivity index is 1.79. The summed E-state index contributed by atoms with van der Waals surface area (Å²) in [4.78, 5) is 0. The Labute approximate surface area is 124 Å². The van der Waals surface area contributed by atoms with Crippen molar-refractivity contribution in [3.05, 3.63) is 54.1 Å². The van der Waals surface area contributed by atoms with Crippen molar-refractivity contribution in [1.29, 1.82) is 0 Å². The zero-order valence-electron chi connectivity index (χ0n) is 12.3. The number of para-hydroxylation sites is 2. The van der Waals surface area contributed by atoms with Crippen molar-refractivity contribution >= 4 is 0 Å². The van der Waals surface area contributed by atoms with E-state index in [0.29, 0.717) is 24.7 Å². The summed E-state index contributed by atoms with van der Waals surface area (Å²) < 4.78 is 16.4. The monoisotopic (exact) mass is 288 g/mol. The first-order valence-corrected chi connectivity index (χ1v) is 6.87. The molecule has 0 aliphatic rings. The molecular weight excluding hydrogens is 268 g/mol. The van der Waals surface area contributed by atoms with Gasteiger partial charge in [0.15, 0.2) is 11.5 Å². The van der Waals surface area contributed by atoms with Gasteiger partial charge in [-0.25, -0.2) is 0 Å². The van der Waals surface area contributed by atoms with E-state index in [1.54, 1.807) is 14.0 Å². The van der Waals surface area contributed by atoms with E-state index in [0.717, 1.165) is 11.3 Å². The highest BCUT2D eigenvalue weighted by molar-refractivity contribution is 5.39. The van der Waals surface area contributed by atoms with Crippen LogP contribution in [0.4, 0.5) is 0 Å². The molecule has 0 unspecified atom stereocenters. The molecule has 2 rings (SSSR count). The average molecular weight is 288 g/mol. The second-order valence-corrected chi connectivity index (χ2v) is 4.59. The van der Waals surface area contributed by atoms with Crippen LogP contribution >= 0.6 is 0 Å². The molecule has 0 aromatic heterocycles. The van der Waals surface area contributed by atoms with Crippen LogP contribution in [0.2, 0.25) is 0 Å². The zero-order valence-corrected chi connectivity index (χ0v) is 12.3. The molecule has 21 heavy (non-hydrogen) atoms. The van der Waals surface area contributed by atoms with Gasteiger partial charge in [0, 0.05) is 0 Å². The van der Waals surface area contributed by atoms with Crippen LogP contribution in [0.3, 0.4) is 0 Å². The Morgan fingerprint density at radius 2 is 1.52 bits per heavy atom. The van der Waals surface area contributed by atoms with E-state index < -0.39 is 6.10 Å². The lowest BCUT2D eigenvalue weighted by Crippen LogP contribution is -2.09. The summed E-state index contributed by atoms with van der Waals surface area (Å²) >= 11 is 0. The Bertz CT molecular complexity index is 549. The Morgan fingerprint density at radius 1 is 0.905 bits per heavy atom. The average Bonchev–Trinajstić information content (AvgIpc) is 2.52. The highest BCUT2D eigenvalue weighted by Gasteiger charge is 2.03. The normalized spacial score (nSPS) is 11.8. The number of hydrogen-bond acceptors (Lipinski definition) is 4. The number of benzene rings is 2. The van der Waals surface area contributed by atoms with Crippen molar-refractivity contribution < 1.29 is 19.3 Å². The van der Waals surface area contributed by atoms with Crippen LogP contribution < -0.4 is 14.2 Å². The van der Waals surface area contributed by atoms with Crippen molar-refractivity contribution in [2.75, 3.05) is 20.3 Å². The quantitative estimate of drug-likeness (QED) is 0.795. The van der Waals surface area contributed by atoms with Gasteiger partial charge in [-0.05, 0) is 36.8 Å². The first kappa shape index (κ1) is 15.2. The van der Waals surface area contributed by atoms with Crippen molar-refractivity contribution in [2.24, 2.45) is 0 Å². The fraction of sp³-hybridized carbons (Fsp3) is 0.294. The van der Waals surface area contributed by atoms with Crippen LogP contribution in [0.1, 0.15) is 18.6 Å². The number of aliphatic hydroxyl groups is 1. The van der Waals surface area contributed by atoms with Crippen LogP contribution in [-0.4, -0.2) is 25.4 Å². The van der Waals surface area contributed by atoms with E-state index in [1.807, 2.05) is 48.5 Å². The van der Waals surface area contributed by atoms with Crippen LogP contribution in [0.25, 0.3) is 0 Å². The molecule has 0 spiro atoms.